The van der Waals surface area contributed by atoms with Gasteiger partial charge in [0, 0.05) is 17.5 Å². The summed E-state index contributed by atoms with van der Waals surface area (Å²) in [4.78, 5) is 4.59. The topological polar surface area (TPSA) is 81.4 Å². The van der Waals surface area contributed by atoms with E-state index in [1.165, 1.54) is 0 Å². The van der Waals surface area contributed by atoms with Crippen LogP contribution in [0.1, 0.15) is 23.2 Å². The van der Waals surface area contributed by atoms with Gasteiger partial charge in [0.2, 0.25) is 5.89 Å². The Morgan fingerprint density at radius 1 is 1.11 bits per heavy atom. The van der Waals surface area contributed by atoms with Crippen molar-refractivity contribution in [1.29, 1.82) is 0 Å². The van der Waals surface area contributed by atoms with Crippen LogP contribution in [0.25, 0.3) is 17.5 Å². The molecular weight excluding hydrogens is 376 g/mol. The van der Waals surface area contributed by atoms with Crippen LogP contribution in [-0.4, -0.2) is 20.0 Å². The minimum atomic E-state index is -3.74. The first-order chi connectivity index (χ1) is 13.4. The van der Waals surface area contributed by atoms with Crippen molar-refractivity contribution in [2.45, 2.75) is 20.3 Å². The standard InChI is InChI=1S/C21H20N2O4S/c1-14-7-8-17(21-22-15(2)13-27-21)12-19(14)23-28(24,25)18-9-10-26-20-6-4-3-5-16(20)11-18/h3-8,11-13,23H,9-10H2,1-2H3. The van der Waals surface area contributed by atoms with Gasteiger partial charge in [-0.1, -0.05) is 24.3 Å². The molecule has 7 heteroatoms. The van der Waals surface area contributed by atoms with Crippen molar-refractivity contribution in [3.8, 4) is 17.2 Å². The molecule has 0 amide bonds. The molecular formula is C21H20N2O4S. The van der Waals surface area contributed by atoms with E-state index in [9.17, 15) is 8.42 Å². The molecule has 6 nitrogen and oxygen atoms in total. The summed E-state index contributed by atoms with van der Waals surface area (Å²) >= 11 is 0. The lowest BCUT2D eigenvalue weighted by atomic mass is 10.1. The molecule has 2 aromatic carbocycles. The van der Waals surface area contributed by atoms with Crippen molar-refractivity contribution in [2.75, 3.05) is 11.3 Å². The van der Waals surface area contributed by atoms with E-state index in [-0.39, 0.29) is 4.91 Å². The fraction of sp³-hybridized carbons (Fsp3) is 0.190. The molecule has 0 radical (unpaired) electrons. The number of ether oxygens (including phenoxy) is 1. The monoisotopic (exact) mass is 396 g/mol. The highest BCUT2D eigenvalue weighted by molar-refractivity contribution is 7.96. The molecule has 0 aliphatic carbocycles. The Kier molecular flexibility index (Phi) is 4.68. The van der Waals surface area contributed by atoms with Crippen molar-refractivity contribution in [1.82, 2.24) is 4.98 Å². The molecule has 0 unspecified atom stereocenters. The van der Waals surface area contributed by atoms with Gasteiger partial charge in [-0.3, -0.25) is 4.72 Å². The molecule has 28 heavy (non-hydrogen) atoms. The third-order valence-electron chi connectivity index (χ3n) is 4.53. The highest BCUT2D eigenvalue weighted by atomic mass is 32.2. The zero-order valence-electron chi connectivity index (χ0n) is 15.6. The number of benzene rings is 2. The second-order valence-corrected chi connectivity index (χ2v) is 8.41. The molecule has 1 aliphatic rings. The summed E-state index contributed by atoms with van der Waals surface area (Å²) in [7, 11) is -3.74. The van der Waals surface area contributed by atoms with Gasteiger partial charge in [-0.25, -0.2) is 13.4 Å². The SMILES string of the molecule is Cc1coc(-c2ccc(C)c(NS(=O)(=O)C3=Cc4ccccc4OCC3)c2)n1. The average Bonchev–Trinajstić information content (AvgIpc) is 2.97. The maximum atomic E-state index is 13.0. The van der Waals surface area contributed by atoms with Gasteiger partial charge in [0.05, 0.1) is 22.9 Å². The predicted molar refractivity (Wildman–Crippen MR) is 108 cm³/mol. The van der Waals surface area contributed by atoms with Gasteiger partial charge in [-0.05, 0) is 43.7 Å². The number of nitrogens with one attached hydrogen (secondary N) is 1. The van der Waals surface area contributed by atoms with Gasteiger partial charge in [-0.2, -0.15) is 0 Å². The van der Waals surface area contributed by atoms with Gasteiger partial charge >= 0.3 is 0 Å². The molecule has 1 N–H and O–H groups in total. The minimum Gasteiger partial charge on any atom is -0.493 e. The van der Waals surface area contributed by atoms with Crippen LogP contribution in [0.15, 0.2) is 58.1 Å². The molecule has 1 aromatic heterocycles. The first-order valence-electron chi connectivity index (χ1n) is 8.91. The van der Waals surface area contributed by atoms with Crippen molar-refractivity contribution < 1.29 is 17.6 Å². The molecule has 0 saturated heterocycles. The number of fused-ring (bicyclic) bond motifs is 1. The van der Waals surface area contributed by atoms with E-state index in [0.717, 1.165) is 16.8 Å². The van der Waals surface area contributed by atoms with E-state index in [0.29, 0.717) is 35.9 Å². The van der Waals surface area contributed by atoms with Crippen LogP contribution in [0.3, 0.4) is 0 Å². The number of anilines is 1. The summed E-state index contributed by atoms with van der Waals surface area (Å²) in [6.45, 7) is 3.99. The highest BCUT2D eigenvalue weighted by Gasteiger charge is 2.22. The van der Waals surface area contributed by atoms with Crippen molar-refractivity contribution >= 4 is 21.8 Å². The second-order valence-electron chi connectivity index (χ2n) is 6.68. The Balaban J connectivity index is 1.67. The highest BCUT2D eigenvalue weighted by Crippen LogP contribution is 2.30. The zero-order chi connectivity index (χ0) is 19.7. The largest absolute Gasteiger partial charge is 0.493 e. The lowest BCUT2D eigenvalue weighted by Crippen LogP contribution is -2.16. The quantitative estimate of drug-likeness (QED) is 0.701. The van der Waals surface area contributed by atoms with Crippen LogP contribution < -0.4 is 9.46 Å². The van der Waals surface area contributed by atoms with Crippen LogP contribution in [0.2, 0.25) is 0 Å². The number of sulfonamides is 1. The van der Waals surface area contributed by atoms with Gasteiger partial charge in [-0.15, -0.1) is 0 Å². The summed E-state index contributed by atoms with van der Waals surface area (Å²) in [5.41, 5.74) is 3.52. The molecule has 1 aliphatic heterocycles. The molecule has 0 atom stereocenters. The molecule has 0 spiro atoms. The lowest BCUT2D eigenvalue weighted by molar-refractivity contribution is 0.325. The maximum absolute atomic E-state index is 13.0. The Hall–Kier alpha value is -3.06. The van der Waals surface area contributed by atoms with Crippen molar-refractivity contribution in [3.63, 3.8) is 0 Å². The molecule has 4 rings (SSSR count). The second kappa shape index (κ2) is 7.16. The molecule has 144 valence electrons. The number of nitrogens with zero attached hydrogens (tertiary/aromatic N) is 1. The Morgan fingerprint density at radius 3 is 2.71 bits per heavy atom. The normalized spacial score (nSPS) is 13.9. The van der Waals surface area contributed by atoms with Crippen LogP contribution in [0.4, 0.5) is 5.69 Å². The van der Waals surface area contributed by atoms with Gasteiger partial charge in [0.15, 0.2) is 0 Å². The fourth-order valence-electron chi connectivity index (χ4n) is 3.01. The summed E-state index contributed by atoms with van der Waals surface area (Å²) in [5, 5.41) is 0. The number of oxazole rings is 1. The van der Waals surface area contributed by atoms with E-state index in [2.05, 4.69) is 9.71 Å². The van der Waals surface area contributed by atoms with Crippen molar-refractivity contribution in [2.24, 2.45) is 0 Å². The molecule has 2 heterocycles. The minimum absolute atomic E-state index is 0.286. The lowest BCUT2D eigenvalue weighted by Gasteiger charge is -2.13. The van der Waals surface area contributed by atoms with Crippen molar-refractivity contribution in [3.05, 3.63) is 70.5 Å². The van der Waals surface area contributed by atoms with Gasteiger partial charge in [0.25, 0.3) is 10.0 Å². The first kappa shape index (κ1) is 18.3. The molecule has 3 aromatic rings. The first-order valence-corrected chi connectivity index (χ1v) is 10.4. The number of hydrogen-bond acceptors (Lipinski definition) is 5. The maximum Gasteiger partial charge on any atom is 0.258 e. The Bertz CT molecular complexity index is 1160. The van der Waals surface area contributed by atoms with E-state index in [1.807, 2.05) is 50.2 Å². The third kappa shape index (κ3) is 3.66. The van der Waals surface area contributed by atoms with Gasteiger partial charge < -0.3 is 9.15 Å². The zero-order valence-corrected chi connectivity index (χ0v) is 16.4. The van der Waals surface area contributed by atoms with Crippen LogP contribution >= 0.6 is 0 Å². The van der Waals surface area contributed by atoms with Crippen LogP contribution in [0, 0.1) is 13.8 Å². The predicted octanol–water partition coefficient (Wildman–Crippen LogP) is 4.52. The number of rotatable bonds is 4. The summed E-state index contributed by atoms with van der Waals surface area (Å²) < 4.78 is 39.9. The van der Waals surface area contributed by atoms with E-state index in [1.54, 1.807) is 18.4 Å². The third-order valence-corrected chi connectivity index (χ3v) is 6.04. The van der Waals surface area contributed by atoms with E-state index < -0.39 is 10.0 Å². The molecule has 0 bridgehead atoms. The van der Waals surface area contributed by atoms with Gasteiger partial charge in [0.1, 0.15) is 12.0 Å². The average molecular weight is 396 g/mol. The van der Waals surface area contributed by atoms with E-state index in [4.69, 9.17) is 9.15 Å². The number of aromatic nitrogens is 1. The van der Waals surface area contributed by atoms with Crippen LogP contribution in [-0.2, 0) is 10.0 Å². The molecule has 0 saturated carbocycles. The Morgan fingerprint density at radius 2 is 1.93 bits per heavy atom. The summed E-state index contributed by atoms with van der Waals surface area (Å²) in [6.07, 6.45) is 3.52. The fourth-order valence-corrected chi connectivity index (χ4v) is 4.29. The summed E-state index contributed by atoms with van der Waals surface area (Å²) in [6, 6.07) is 12.8. The smallest absolute Gasteiger partial charge is 0.258 e. The number of para-hydroxylation sites is 1. The molecule has 0 fully saturated rings. The number of aryl methyl sites for hydroxylation is 2. The Labute approximate surface area is 163 Å². The van der Waals surface area contributed by atoms with E-state index >= 15 is 0 Å². The van der Waals surface area contributed by atoms with Crippen LogP contribution in [0.5, 0.6) is 5.75 Å². The number of hydrogen-bond donors (Lipinski definition) is 1. The summed E-state index contributed by atoms with van der Waals surface area (Å²) in [5.74, 6) is 1.14.